The lowest BCUT2D eigenvalue weighted by Crippen LogP contribution is -2.06. The molecule has 21 heavy (non-hydrogen) atoms. The van der Waals surface area contributed by atoms with E-state index in [9.17, 15) is 9.18 Å². The minimum Gasteiger partial charge on any atom is -0.478 e. The smallest absolute Gasteiger partial charge is 0.340 e. The summed E-state index contributed by atoms with van der Waals surface area (Å²) >= 11 is 2.91. The summed E-state index contributed by atoms with van der Waals surface area (Å²) in [6.07, 6.45) is 1.17. The Balaban J connectivity index is 2.39. The van der Waals surface area contributed by atoms with E-state index in [1.807, 2.05) is 6.07 Å². The number of nitrogens with zero attached hydrogens (tertiary/aromatic N) is 4. The fourth-order valence-electron chi connectivity index (χ4n) is 1.45. The second-order valence-corrected chi connectivity index (χ2v) is 4.49. The van der Waals surface area contributed by atoms with Crippen molar-refractivity contribution in [1.29, 1.82) is 5.26 Å². The first-order valence-electron chi connectivity index (χ1n) is 5.36. The van der Waals surface area contributed by atoms with Crippen LogP contribution in [0.3, 0.4) is 0 Å². The van der Waals surface area contributed by atoms with Crippen LogP contribution in [0, 0.1) is 17.1 Å². The van der Waals surface area contributed by atoms with Gasteiger partial charge in [-0.15, -0.1) is 10.2 Å². The monoisotopic (exact) mass is 352 g/mol. The number of carboxylic acid groups (broad SMARTS) is 1. The standard InChI is InChI=1S/C11H6BrFN6O2/c12-6-1-2-7(8(9(6)13)11(20)21)15-4-5(3-14)10-16-18-19-17-10/h1-2,4,15H,(H,20,21)(H,16,17,18,19). The molecule has 0 radical (unpaired) electrons. The van der Waals surface area contributed by atoms with Crippen LogP contribution in [0.4, 0.5) is 10.1 Å². The van der Waals surface area contributed by atoms with Gasteiger partial charge in [-0.2, -0.15) is 10.5 Å². The summed E-state index contributed by atoms with van der Waals surface area (Å²) < 4.78 is 13.8. The predicted molar refractivity (Wildman–Crippen MR) is 72.4 cm³/mol. The van der Waals surface area contributed by atoms with E-state index in [2.05, 4.69) is 41.9 Å². The Morgan fingerprint density at radius 2 is 2.33 bits per heavy atom. The molecule has 2 aromatic rings. The van der Waals surface area contributed by atoms with Crippen molar-refractivity contribution in [3.05, 3.63) is 40.0 Å². The summed E-state index contributed by atoms with van der Waals surface area (Å²) in [5, 5.41) is 33.3. The molecule has 1 aromatic heterocycles. The van der Waals surface area contributed by atoms with Gasteiger partial charge in [0.05, 0.1) is 10.2 Å². The molecule has 3 N–H and O–H groups in total. The molecule has 0 aliphatic rings. The summed E-state index contributed by atoms with van der Waals surface area (Å²) in [6.45, 7) is 0. The maximum absolute atomic E-state index is 13.8. The average molecular weight is 353 g/mol. The second kappa shape index (κ2) is 6.10. The third-order valence-corrected chi connectivity index (χ3v) is 3.00. The molecule has 1 aromatic carbocycles. The van der Waals surface area contributed by atoms with Gasteiger partial charge in [0.2, 0.25) is 5.82 Å². The Labute approximate surface area is 125 Å². The van der Waals surface area contributed by atoms with Crippen molar-refractivity contribution in [3.63, 3.8) is 0 Å². The molecule has 0 saturated heterocycles. The van der Waals surface area contributed by atoms with Gasteiger partial charge in [0.1, 0.15) is 17.2 Å². The van der Waals surface area contributed by atoms with Crippen LogP contribution in [0.5, 0.6) is 0 Å². The zero-order chi connectivity index (χ0) is 15.4. The van der Waals surface area contributed by atoms with Crippen molar-refractivity contribution in [1.82, 2.24) is 20.6 Å². The lowest BCUT2D eigenvalue weighted by atomic mass is 10.1. The number of halogens is 2. The Hall–Kier alpha value is -2.80. The van der Waals surface area contributed by atoms with Gasteiger partial charge in [0.15, 0.2) is 5.82 Å². The number of hydrogen-bond acceptors (Lipinski definition) is 6. The number of tetrazole rings is 1. The number of nitrogens with one attached hydrogen (secondary N) is 2. The zero-order valence-corrected chi connectivity index (χ0v) is 11.7. The number of anilines is 1. The highest BCUT2D eigenvalue weighted by molar-refractivity contribution is 9.10. The summed E-state index contributed by atoms with van der Waals surface area (Å²) in [7, 11) is 0. The van der Waals surface area contributed by atoms with Gasteiger partial charge in [0, 0.05) is 6.20 Å². The number of carbonyl (C=O) groups is 1. The number of carboxylic acids is 1. The fraction of sp³-hybridized carbons (Fsp3) is 0. The summed E-state index contributed by atoms with van der Waals surface area (Å²) in [5.41, 5.74) is -0.561. The first-order chi connectivity index (χ1) is 10.0. The van der Waals surface area contributed by atoms with Crippen molar-refractivity contribution < 1.29 is 14.3 Å². The second-order valence-electron chi connectivity index (χ2n) is 3.64. The highest BCUT2D eigenvalue weighted by atomic mass is 79.9. The van der Waals surface area contributed by atoms with Crippen molar-refractivity contribution in [2.24, 2.45) is 0 Å². The van der Waals surface area contributed by atoms with Gasteiger partial charge in [0.25, 0.3) is 0 Å². The summed E-state index contributed by atoms with van der Waals surface area (Å²) in [6, 6.07) is 4.52. The number of aromatic carboxylic acids is 1. The summed E-state index contributed by atoms with van der Waals surface area (Å²) in [5.74, 6) is -2.33. The van der Waals surface area contributed by atoms with E-state index in [0.717, 1.165) is 0 Å². The van der Waals surface area contributed by atoms with E-state index in [0.29, 0.717) is 0 Å². The van der Waals surface area contributed by atoms with Gasteiger partial charge in [-0.25, -0.2) is 9.18 Å². The van der Waals surface area contributed by atoms with Crippen LogP contribution >= 0.6 is 15.9 Å². The molecule has 8 nitrogen and oxygen atoms in total. The number of hydrogen-bond donors (Lipinski definition) is 3. The van der Waals surface area contributed by atoms with E-state index in [1.54, 1.807) is 0 Å². The number of aromatic amines is 1. The van der Waals surface area contributed by atoms with E-state index in [-0.39, 0.29) is 21.6 Å². The average Bonchev–Trinajstić information content (AvgIpc) is 2.97. The molecule has 0 atom stereocenters. The Morgan fingerprint density at radius 3 is 2.90 bits per heavy atom. The fourth-order valence-corrected chi connectivity index (χ4v) is 1.78. The van der Waals surface area contributed by atoms with Crippen LogP contribution in [0.15, 0.2) is 22.8 Å². The normalized spacial score (nSPS) is 11.0. The Morgan fingerprint density at radius 1 is 1.57 bits per heavy atom. The van der Waals surface area contributed by atoms with Crippen LogP contribution in [0.2, 0.25) is 0 Å². The number of rotatable bonds is 4. The van der Waals surface area contributed by atoms with Crippen LogP contribution in [-0.2, 0) is 0 Å². The van der Waals surface area contributed by atoms with Gasteiger partial charge in [-0.3, -0.25) is 0 Å². The van der Waals surface area contributed by atoms with Crippen LogP contribution < -0.4 is 5.32 Å². The van der Waals surface area contributed by atoms with Crippen LogP contribution in [-0.4, -0.2) is 31.7 Å². The summed E-state index contributed by atoms with van der Waals surface area (Å²) in [4.78, 5) is 11.1. The molecule has 0 saturated carbocycles. The predicted octanol–water partition coefficient (Wildman–Crippen LogP) is 1.78. The molecular weight excluding hydrogens is 347 g/mol. The molecule has 0 bridgehead atoms. The first kappa shape index (κ1) is 14.6. The van der Waals surface area contributed by atoms with Crippen molar-refractivity contribution in [2.75, 3.05) is 5.32 Å². The van der Waals surface area contributed by atoms with Crippen LogP contribution in [0.25, 0.3) is 5.57 Å². The topological polar surface area (TPSA) is 128 Å². The molecular formula is C11H6BrFN6O2. The minimum absolute atomic E-state index is 0.00316. The molecule has 10 heteroatoms. The van der Waals surface area contributed by atoms with E-state index < -0.39 is 17.3 Å². The van der Waals surface area contributed by atoms with E-state index in [4.69, 9.17) is 10.4 Å². The third-order valence-electron chi connectivity index (χ3n) is 2.39. The van der Waals surface area contributed by atoms with Crippen LogP contribution in [0.1, 0.15) is 16.2 Å². The molecule has 2 rings (SSSR count). The Bertz CT molecular complexity index is 753. The largest absolute Gasteiger partial charge is 0.478 e. The minimum atomic E-state index is -1.44. The van der Waals surface area contributed by atoms with Crippen molar-refractivity contribution in [3.8, 4) is 6.07 Å². The van der Waals surface area contributed by atoms with Gasteiger partial charge >= 0.3 is 5.97 Å². The lowest BCUT2D eigenvalue weighted by molar-refractivity contribution is 0.0693. The molecule has 106 valence electrons. The zero-order valence-electron chi connectivity index (χ0n) is 10.1. The molecule has 0 aliphatic heterocycles. The highest BCUT2D eigenvalue weighted by Gasteiger charge is 2.18. The van der Waals surface area contributed by atoms with Crippen molar-refractivity contribution >= 4 is 33.2 Å². The first-order valence-corrected chi connectivity index (χ1v) is 6.15. The maximum Gasteiger partial charge on any atom is 0.340 e. The molecule has 1 heterocycles. The van der Waals surface area contributed by atoms with E-state index in [1.165, 1.54) is 18.3 Å². The van der Waals surface area contributed by atoms with Gasteiger partial charge < -0.3 is 10.4 Å². The highest BCUT2D eigenvalue weighted by Crippen LogP contribution is 2.26. The lowest BCUT2D eigenvalue weighted by Gasteiger charge is -2.08. The number of nitriles is 1. The molecule has 0 fully saturated rings. The molecule has 0 spiro atoms. The number of aromatic nitrogens is 4. The Kier molecular flexibility index (Phi) is 4.24. The SMILES string of the molecule is N#CC(=CNc1ccc(Br)c(F)c1C(=O)O)c1nn[nH]n1. The number of benzene rings is 1. The number of H-pyrrole nitrogens is 1. The van der Waals surface area contributed by atoms with Crippen molar-refractivity contribution in [2.45, 2.75) is 0 Å². The third kappa shape index (κ3) is 3.03. The molecule has 0 aliphatic carbocycles. The molecule has 0 unspecified atom stereocenters. The number of allylic oxidation sites excluding steroid dienone is 1. The maximum atomic E-state index is 13.8. The van der Waals surface area contributed by atoms with Gasteiger partial charge in [-0.05, 0) is 33.3 Å². The molecule has 0 amide bonds. The quantitative estimate of drug-likeness (QED) is 0.715. The van der Waals surface area contributed by atoms with Gasteiger partial charge in [-0.1, -0.05) is 0 Å². The van der Waals surface area contributed by atoms with E-state index >= 15 is 0 Å².